The van der Waals surface area contributed by atoms with Gasteiger partial charge in [-0.1, -0.05) is 29.3 Å². The van der Waals surface area contributed by atoms with E-state index in [1.165, 1.54) is 4.90 Å². The lowest BCUT2D eigenvalue weighted by Crippen LogP contribution is -2.49. The van der Waals surface area contributed by atoms with E-state index in [0.29, 0.717) is 39.2 Å². The van der Waals surface area contributed by atoms with Gasteiger partial charge in [0.1, 0.15) is 12.4 Å². The Morgan fingerprint density at radius 1 is 1.12 bits per heavy atom. The summed E-state index contributed by atoms with van der Waals surface area (Å²) in [5.74, 6) is 0.102. The summed E-state index contributed by atoms with van der Waals surface area (Å²) in [7, 11) is 0. The maximum Gasteiger partial charge on any atom is 0.338 e. The lowest BCUT2D eigenvalue weighted by molar-refractivity contribution is -0.139. The first kappa shape index (κ1) is 24.3. The molecule has 32 heavy (non-hydrogen) atoms. The molecule has 1 N–H and O–H groups in total. The van der Waals surface area contributed by atoms with Crippen molar-refractivity contribution in [3.8, 4) is 5.75 Å². The number of nitrogens with zero attached hydrogens (tertiary/aromatic N) is 1. The molecule has 0 bridgehead atoms. The number of esters is 1. The molecular formula is C23H24Cl2N2O4S. The molecule has 0 aromatic heterocycles. The van der Waals surface area contributed by atoms with Crippen molar-refractivity contribution in [2.24, 2.45) is 0 Å². The molecule has 0 aliphatic carbocycles. The van der Waals surface area contributed by atoms with Crippen molar-refractivity contribution in [2.45, 2.75) is 24.8 Å². The van der Waals surface area contributed by atoms with Crippen LogP contribution in [0.5, 0.6) is 5.75 Å². The van der Waals surface area contributed by atoms with Crippen molar-refractivity contribution in [2.75, 3.05) is 26.0 Å². The van der Waals surface area contributed by atoms with E-state index in [1.54, 1.807) is 36.9 Å². The zero-order valence-electron chi connectivity index (χ0n) is 18.0. The van der Waals surface area contributed by atoms with Crippen molar-refractivity contribution in [1.82, 2.24) is 10.2 Å². The van der Waals surface area contributed by atoms with Gasteiger partial charge in [0.2, 0.25) is 0 Å². The summed E-state index contributed by atoms with van der Waals surface area (Å²) in [6.07, 6.45) is 2.00. The number of amides is 2. The summed E-state index contributed by atoms with van der Waals surface area (Å²) >= 11 is 13.9. The number of hydrogen-bond acceptors (Lipinski definition) is 5. The van der Waals surface area contributed by atoms with Gasteiger partial charge in [-0.3, -0.25) is 4.90 Å². The summed E-state index contributed by atoms with van der Waals surface area (Å²) in [6, 6.07) is 11.5. The van der Waals surface area contributed by atoms with Crippen LogP contribution in [0.15, 0.2) is 58.6 Å². The standard InChI is InChI=1S/C23H24Cl2N2O4S/c1-4-27-19(13-31-15-7-9-16(32-3)10-8-15)20(22(28)30-5-2)21(26-23(27)29)14-6-11-17(24)18(25)12-14/h6-12,21H,4-5,13H2,1-3H3,(H,26,29). The summed E-state index contributed by atoms with van der Waals surface area (Å²) in [4.78, 5) is 28.5. The van der Waals surface area contributed by atoms with E-state index < -0.39 is 12.0 Å². The van der Waals surface area contributed by atoms with Crippen LogP contribution in [-0.4, -0.2) is 42.9 Å². The van der Waals surface area contributed by atoms with Gasteiger partial charge in [-0.2, -0.15) is 0 Å². The number of likely N-dealkylation sites (N-methyl/N-ethyl adjacent to an activating group) is 1. The maximum absolute atomic E-state index is 13.0. The number of halogens is 2. The second kappa shape index (κ2) is 11.0. The monoisotopic (exact) mass is 494 g/mol. The van der Waals surface area contributed by atoms with Gasteiger partial charge >= 0.3 is 12.0 Å². The third kappa shape index (κ3) is 5.34. The Morgan fingerprint density at radius 3 is 2.44 bits per heavy atom. The van der Waals surface area contributed by atoms with Crippen LogP contribution >= 0.6 is 35.0 Å². The highest BCUT2D eigenvalue weighted by atomic mass is 35.5. The third-order valence-electron chi connectivity index (χ3n) is 4.96. The molecule has 6 nitrogen and oxygen atoms in total. The number of benzene rings is 2. The van der Waals surface area contributed by atoms with E-state index in [4.69, 9.17) is 32.7 Å². The summed E-state index contributed by atoms with van der Waals surface area (Å²) < 4.78 is 11.3. The lowest BCUT2D eigenvalue weighted by atomic mass is 9.94. The molecule has 1 atom stereocenters. The topological polar surface area (TPSA) is 67.9 Å². The van der Waals surface area contributed by atoms with Crippen LogP contribution in [0.2, 0.25) is 10.0 Å². The molecule has 1 aliphatic heterocycles. The zero-order chi connectivity index (χ0) is 23.3. The Labute approximate surface area is 201 Å². The van der Waals surface area contributed by atoms with Gasteiger partial charge in [0.15, 0.2) is 0 Å². The van der Waals surface area contributed by atoms with Crippen LogP contribution in [0.4, 0.5) is 4.79 Å². The molecule has 2 aromatic rings. The van der Waals surface area contributed by atoms with E-state index in [9.17, 15) is 9.59 Å². The number of rotatable bonds is 8. The highest BCUT2D eigenvalue weighted by Crippen LogP contribution is 2.34. The number of thioether (sulfide) groups is 1. The summed E-state index contributed by atoms with van der Waals surface area (Å²) in [5, 5.41) is 3.59. The predicted molar refractivity (Wildman–Crippen MR) is 127 cm³/mol. The number of nitrogens with one attached hydrogen (secondary N) is 1. The van der Waals surface area contributed by atoms with Crippen molar-refractivity contribution in [1.29, 1.82) is 0 Å². The molecule has 2 aromatic carbocycles. The van der Waals surface area contributed by atoms with Crippen LogP contribution in [-0.2, 0) is 9.53 Å². The van der Waals surface area contributed by atoms with Crippen LogP contribution in [0.25, 0.3) is 0 Å². The molecule has 0 saturated heterocycles. The molecule has 1 aliphatic rings. The first-order valence-corrected chi connectivity index (χ1v) is 12.1. The lowest BCUT2D eigenvalue weighted by Gasteiger charge is -2.36. The first-order chi connectivity index (χ1) is 15.4. The highest BCUT2D eigenvalue weighted by Gasteiger charge is 2.38. The quantitative estimate of drug-likeness (QED) is 0.376. The second-order valence-electron chi connectivity index (χ2n) is 6.85. The Balaban J connectivity index is 2.05. The van der Waals surface area contributed by atoms with E-state index in [2.05, 4.69) is 5.32 Å². The Bertz CT molecular complexity index is 1030. The van der Waals surface area contributed by atoms with Crippen molar-refractivity contribution in [3.63, 3.8) is 0 Å². The van der Waals surface area contributed by atoms with E-state index >= 15 is 0 Å². The maximum atomic E-state index is 13.0. The number of ether oxygens (including phenoxy) is 2. The van der Waals surface area contributed by atoms with Gasteiger partial charge in [-0.05, 0) is 62.1 Å². The minimum atomic E-state index is -0.753. The number of urea groups is 1. The smallest absolute Gasteiger partial charge is 0.338 e. The summed E-state index contributed by atoms with van der Waals surface area (Å²) in [5.41, 5.74) is 1.36. The molecule has 0 saturated carbocycles. The molecule has 1 heterocycles. The van der Waals surface area contributed by atoms with Gasteiger partial charge in [-0.25, -0.2) is 9.59 Å². The average molecular weight is 495 g/mol. The minimum Gasteiger partial charge on any atom is -0.487 e. The first-order valence-electron chi connectivity index (χ1n) is 10.1. The molecule has 0 spiro atoms. The Morgan fingerprint density at radius 2 is 1.84 bits per heavy atom. The van der Waals surface area contributed by atoms with E-state index in [-0.39, 0.29) is 19.2 Å². The number of carbonyl (C=O) groups is 2. The van der Waals surface area contributed by atoms with Crippen LogP contribution in [0.1, 0.15) is 25.5 Å². The minimum absolute atomic E-state index is 0.0197. The van der Waals surface area contributed by atoms with E-state index in [0.717, 1.165) is 4.90 Å². The summed E-state index contributed by atoms with van der Waals surface area (Å²) in [6.45, 7) is 4.13. The van der Waals surface area contributed by atoms with Crippen LogP contribution in [0, 0.1) is 0 Å². The Kier molecular flexibility index (Phi) is 8.34. The van der Waals surface area contributed by atoms with Gasteiger partial charge < -0.3 is 14.8 Å². The molecule has 1 unspecified atom stereocenters. The van der Waals surface area contributed by atoms with E-state index in [1.807, 2.05) is 37.4 Å². The molecule has 9 heteroatoms. The second-order valence-corrected chi connectivity index (χ2v) is 8.54. The van der Waals surface area contributed by atoms with Crippen LogP contribution < -0.4 is 10.1 Å². The largest absolute Gasteiger partial charge is 0.487 e. The Hall–Kier alpha value is -2.35. The SMILES string of the molecule is CCOC(=O)C1=C(COc2ccc(SC)cc2)N(CC)C(=O)NC1c1ccc(Cl)c(Cl)c1. The average Bonchev–Trinajstić information content (AvgIpc) is 2.79. The molecule has 3 rings (SSSR count). The fourth-order valence-corrected chi connectivity index (χ4v) is 4.12. The van der Waals surface area contributed by atoms with Gasteiger partial charge in [0.25, 0.3) is 0 Å². The number of carbonyl (C=O) groups excluding carboxylic acids is 2. The predicted octanol–water partition coefficient (Wildman–Crippen LogP) is 5.70. The van der Waals surface area contributed by atoms with Crippen LogP contribution in [0.3, 0.4) is 0 Å². The zero-order valence-corrected chi connectivity index (χ0v) is 20.3. The van der Waals surface area contributed by atoms with Crippen molar-refractivity contribution in [3.05, 3.63) is 69.3 Å². The van der Waals surface area contributed by atoms with Gasteiger partial charge in [-0.15, -0.1) is 11.8 Å². The fraction of sp³-hybridized carbons (Fsp3) is 0.304. The van der Waals surface area contributed by atoms with Gasteiger partial charge in [0, 0.05) is 11.4 Å². The van der Waals surface area contributed by atoms with Crippen molar-refractivity contribution < 1.29 is 19.1 Å². The molecule has 0 fully saturated rings. The number of hydrogen-bond donors (Lipinski definition) is 1. The normalized spacial score (nSPS) is 16.1. The fourth-order valence-electron chi connectivity index (χ4n) is 3.41. The molecule has 2 amide bonds. The molecular weight excluding hydrogens is 471 g/mol. The highest BCUT2D eigenvalue weighted by molar-refractivity contribution is 7.98. The third-order valence-corrected chi connectivity index (χ3v) is 6.44. The molecule has 170 valence electrons. The molecule has 0 radical (unpaired) electrons. The van der Waals surface area contributed by atoms with Crippen molar-refractivity contribution >= 4 is 47.0 Å². The van der Waals surface area contributed by atoms with Gasteiger partial charge in [0.05, 0.1) is 34.0 Å².